The van der Waals surface area contributed by atoms with Gasteiger partial charge in [0.15, 0.2) is 0 Å². The topological polar surface area (TPSA) is 38.3 Å². The van der Waals surface area contributed by atoms with E-state index in [1.54, 1.807) is 18.9 Å². The van der Waals surface area contributed by atoms with Gasteiger partial charge in [-0.15, -0.1) is 11.8 Å². The van der Waals surface area contributed by atoms with Crippen LogP contribution < -0.4 is 5.32 Å². The molecule has 0 aromatic heterocycles. The van der Waals surface area contributed by atoms with Crippen molar-refractivity contribution in [3.63, 3.8) is 0 Å². The number of nitrogens with one attached hydrogen (secondary N) is 1. The minimum Gasteiger partial charge on any atom is -0.385 e. The number of carbonyl (C=O) groups excluding carboxylic acids is 1. The number of rotatable bonds is 7. The van der Waals surface area contributed by atoms with Crippen molar-refractivity contribution in [2.75, 3.05) is 20.3 Å². The van der Waals surface area contributed by atoms with Crippen LogP contribution in [0.1, 0.15) is 30.6 Å². The number of methoxy groups -OCH3 is 1. The average Bonchev–Trinajstić information content (AvgIpc) is 2.34. The molecule has 0 bridgehead atoms. The molecule has 3 nitrogen and oxygen atoms in total. The first-order valence-electron chi connectivity index (χ1n) is 6.17. The Morgan fingerprint density at radius 3 is 2.56 bits per heavy atom. The van der Waals surface area contributed by atoms with Crippen molar-refractivity contribution in [1.82, 2.24) is 5.32 Å². The lowest BCUT2D eigenvalue weighted by Gasteiger charge is -2.07. The molecule has 0 atom stereocenters. The molecule has 0 heterocycles. The van der Waals surface area contributed by atoms with Crippen molar-refractivity contribution in [3.05, 3.63) is 29.8 Å². The van der Waals surface area contributed by atoms with Crippen molar-refractivity contribution in [2.45, 2.75) is 30.4 Å². The standard InChI is InChI=1S/C14H21NO2S/c1-11(2)18-13-7-5-12(6-8-13)14(16)15-9-4-10-17-3/h5-8,11H,4,9-10H2,1-3H3,(H,15,16). The normalized spacial score (nSPS) is 10.7. The molecule has 0 fully saturated rings. The molecule has 0 saturated carbocycles. The number of carbonyl (C=O) groups is 1. The van der Waals surface area contributed by atoms with Crippen LogP contribution in [0.25, 0.3) is 0 Å². The highest BCUT2D eigenvalue weighted by Crippen LogP contribution is 2.22. The number of hydrogen-bond donors (Lipinski definition) is 1. The SMILES string of the molecule is COCCCNC(=O)c1ccc(SC(C)C)cc1. The van der Waals surface area contributed by atoms with E-state index in [4.69, 9.17) is 4.74 Å². The summed E-state index contributed by atoms with van der Waals surface area (Å²) in [7, 11) is 1.66. The van der Waals surface area contributed by atoms with Crippen LogP contribution in [-0.2, 0) is 4.74 Å². The van der Waals surface area contributed by atoms with Crippen LogP contribution in [0.3, 0.4) is 0 Å². The molecule has 4 heteroatoms. The van der Waals surface area contributed by atoms with Crippen LogP contribution in [-0.4, -0.2) is 31.4 Å². The highest BCUT2D eigenvalue weighted by Gasteiger charge is 2.05. The van der Waals surface area contributed by atoms with Gasteiger partial charge in [-0.3, -0.25) is 4.79 Å². The molecule has 0 aliphatic heterocycles. The molecule has 18 heavy (non-hydrogen) atoms. The zero-order chi connectivity index (χ0) is 13.4. The van der Waals surface area contributed by atoms with E-state index in [0.717, 1.165) is 6.42 Å². The molecule has 1 aromatic rings. The highest BCUT2D eigenvalue weighted by molar-refractivity contribution is 7.99. The van der Waals surface area contributed by atoms with E-state index in [2.05, 4.69) is 19.2 Å². The first kappa shape index (κ1) is 15.1. The zero-order valence-corrected chi connectivity index (χ0v) is 12.0. The van der Waals surface area contributed by atoms with Crippen molar-refractivity contribution in [1.29, 1.82) is 0 Å². The van der Waals surface area contributed by atoms with E-state index in [1.165, 1.54) is 4.90 Å². The lowest BCUT2D eigenvalue weighted by molar-refractivity contribution is 0.0948. The van der Waals surface area contributed by atoms with Crippen LogP contribution in [0.2, 0.25) is 0 Å². The Labute approximate surface area is 113 Å². The van der Waals surface area contributed by atoms with Gasteiger partial charge in [0.2, 0.25) is 0 Å². The zero-order valence-electron chi connectivity index (χ0n) is 11.2. The molecule has 1 amide bonds. The Bertz CT molecular complexity index is 363. The van der Waals surface area contributed by atoms with E-state index in [-0.39, 0.29) is 5.91 Å². The summed E-state index contributed by atoms with van der Waals surface area (Å²) in [6.45, 7) is 5.63. The molecule has 0 radical (unpaired) electrons. The van der Waals surface area contributed by atoms with E-state index < -0.39 is 0 Å². The van der Waals surface area contributed by atoms with Crippen molar-refractivity contribution in [3.8, 4) is 0 Å². The van der Waals surface area contributed by atoms with E-state index in [1.807, 2.05) is 24.3 Å². The second-order valence-corrected chi connectivity index (χ2v) is 5.94. The van der Waals surface area contributed by atoms with Crippen molar-refractivity contribution in [2.24, 2.45) is 0 Å². The minimum absolute atomic E-state index is 0.0211. The third-order valence-electron chi connectivity index (χ3n) is 2.30. The van der Waals surface area contributed by atoms with Gasteiger partial charge < -0.3 is 10.1 Å². The fourth-order valence-electron chi connectivity index (χ4n) is 1.48. The minimum atomic E-state index is -0.0211. The monoisotopic (exact) mass is 267 g/mol. The molecular weight excluding hydrogens is 246 g/mol. The molecular formula is C14H21NO2S. The van der Waals surface area contributed by atoms with Crippen molar-refractivity contribution < 1.29 is 9.53 Å². The maximum atomic E-state index is 11.8. The maximum absolute atomic E-state index is 11.8. The lowest BCUT2D eigenvalue weighted by Crippen LogP contribution is -2.25. The molecule has 0 saturated heterocycles. The predicted octanol–water partition coefficient (Wildman–Crippen LogP) is 2.95. The first-order valence-corrected chi connectivity index (χ1v) is 7.05. The predicted molar refractivity (Wildman–Crippen MR) is 76.3 cm³/mol. The number of hydrogen-bond acceptors (Lipinski definition) is 3. The van der Waals surface area contributed by atoms with Gasteiger partial charge in [-0.25, -0.2) is 0 Å². The Morgan fingerprint density at radius 1 is 1.33 bits per heavy atom. The third kappa shape index (κ3) is 5.56. The van der Waals surface area contributed by atoms with Gasteiger partial charge in [0.25, 0.3) is 5.91 Å². The van der Waals surface area contributed by atoms with Crippen LogP contribution in [0.15, 0.2) is 29.2 Å². The molecule has 0 aliphatic carbocycles. The number of benzene rings is 1. The number of ether oxygens (including phenoxy) is 1. The maximum Gasteiger partial charge on any atom is 0.251 e. The van der Waals surface area contributed by atoms with Crippen LogP contribution in [0.4, 0.5) is 0 Å². The van der Waals surface area contributed by atoms with Crippen molar-refractivity contribution >= 4 is 17.7 Å². The second kappa shape index (κ2) is 8.16. The van der Waals surface area contributed by atoms with E-state index in [0.29, 0.717) is 24.0 Å². The van der Waals surface area contributed by atoms with Gasteiger partial charge in [-0.05, 0) is 30.7 Å². The van der Waals surface area contributed by atoms with E-state index >= 15 is 0 Å². The largest absolute Gasteiger partial charge is 0.385 e. The Morgan fingerprint density at radius 2 is 2.00 bits per heavy atom. The molecule has 1 rings (SSSR count). The van der Waals surface area contributed by atoms with Gasteiger partial charge >= 0.3 is 0 Å². The Hall–Kier alpha value is -1.00. The lowest BCUT2D eigenvalue weighted by atomic mass is 10.2. The fraction of sp³-hybridized carbons (Fsp3) is 0.500. The Balaban J connectivity index is 2.43. The summed E-state index contributed by atoms with van der Waals surface area (Å²) in [6.07, 6.45) is 0.837. The quantitative estimate of drug-likeness (QED) is 0.610. The van der Waals surface area contributed by atoms with Gasteiger partial charge in [-0.1, -0.05) is 13.8 Å². The summed E-state index contributed by atoms with van der Waals surface area (Å²) in [5, 5.41) is 3.42. The van der Waals surface area contributed by atoms with E-state index in [9.17, 15) is 4.79 Å². The fourth-order valence-corrected chi connectivity index (χ4v) is 2.32. The summed E-state index contributed by atoms with van der Waals surface area (Å²) < 4.78 is 4.93. The average molecular weight is 267 g/mol. The summed E-state index contributed by atoms with van der Waals surface area (Å²) in [6, 6.07) is 7.73. The van der Waals surface area contributed by atoms with Crippen LogP contribution >= 0.6 is 11.8 Å². The second-order valence-electron chi connectivity index (χ2n) is 4.29. The number of amides is 1. The molecule has 0 spiro atoms. The summed E-state index contributed by atoms with van der Waals surface area (Å²) in [5.41, 5.74) is 0.709. The number of thioether (sulfide) groups is 1. The van der Waals surface area contributed by atoms with Gasteiger partial charge in [0, 0.05) is 36.0 Å². The highest BCUT2D eigenvalue weighted by atomic mass is 32.2. The third-order valence-corrected chi connectivity index (χ3v) is 3.31. The van der Waals surface area contributed by atoms with Gasteiger partial charge in [0.1, 0.15) is 0 Å². The summed E-state index contributed by atoms with van der Waals surface area (Å²) in [4.78, 5) is 13.0. The molecule has 1 N–H and O–H groups in total. The molecule has 0 unspecified atom stereocenters. The van der Waals surface area contributed by atoms with Gasteiger partial charge in [-0.2, -0.15) is 0 Å². The first-order chi connectivity index (χ1) is 8.63. The van der Waals surface area contributed by atoms with Crippen LogP contribution in [0, 0.1) is 0 Å². The molecule has 0 aliphatic rings. The molecule has 100 valence electrons. The smallest absolute Gasteiger partial charge is 0.251 e. The Kier molecular flexibility index (Phi) is 6.83. The molecule has 1 aromatic carbocycles. The summed E-state index contributed by atoms with van der Waals surface area (Å²) in [5.74, 6) is -0.0211. The summed E-state index contributed by atoms with van der Waals surface area (Å²) >= 11 is 1.80. The van der Waals surface area contributed by atoms with Crippen LogP contribution in [0.5, 0.6) is 0 Å². The van der Waals surface area contributed by atoms with Gasteiger partial charge in [0.05, 0.1) is 0 Å².